The lowest BCUT2D eigenvalue weighted by molar-refractivity contribution is 0.429. The van der Waals surface area contributed by atoms with Gasteiger partial charge in [0.2, 0.25) is 0 Å². The molecule has 1 aromatic rings. The van der Waals surface area contributed by atoms with Gasteiger partial charge in [0.15, 0.2) is 0 Å². The van der Waals surface area contributed by atoms with E-state index in [0.29, 0.717) is 0 Å². The predicted octanol–water partition coefficient (Wildman–Crippen LogP) is 0.262. The highest BCUT2D eigenvalue weighted by molar-refractivity contribution is 6.30. The van der Waals surface area contributed by atoms with Crippen LogP contribution in [0.3, 0.4) is 0 Å². The van der Waals surface area contributed by atoms with Crippen molar-refractivity contribution < 1.29 is 0 Å². The third-order valence-corrected chi connectivity index (χ3v) is 2.60. The Bertz CT molecular complexity index is 371. The molecule has 1 saturated heterocycles. The van der Waals surface area contributed by atoms with Gasteiger partial charge in [-0.15, -0.1) is 0 Å². The van der Waals surface area contributed by atoms with E-state index >= 15 is 0 Å². The first-order chi connectivity index (χ1) is 6.77. The molecule has 0 spiro atoms. The van der Waals surface area contributed by atoms with Crippen LogP contribution in [0.4, 0.5) is 0 Å². The molecule has 1 aliphatic rings. The van der Waals surface area contributed by atoms with Crippen molar-refractivity contribution in [3.63, 3.8) is 0 Å². The summed E-state index contributed by atoms with van der Waals surface area (Å²) in [6, 6.07) is 1.95. The van der Waals surface area contributed by atoms with Crippen LogP contribution in [-0.2, 0) is 0 Å². The fourth-order valence-corrected chi connectivity index (χ4v) is 1.74. The third kappa shape index (κ3) is 1.97. The zero-order valence-corrected chi connectivity index (χ0v) is 8.40. The molecule has 0 aliphatic carbocycles. The summed E-state index contributed by atoms with van der Waals surface area (Å²) in [5.74, 6) is 0. The second kappa shape index (κ2) is 4.13. The molecular weight excluding hydrogens is 202 g/mol. The van der Waals surface area contributed by atoms with Gasteiger partial charge < -0.3 is 15.6 Å². The Balaban J connectivity index is 2.22. The van der Waals surface area contributed by atoms with E-state index in [1.54, 1.807) is 12.3 Å². The number of hydrogen-bond acceptors (Lipinski definition) is 3. The SMILES string of the molecule is O=c1[nH]cc([C@@H]2CNCCN2)cc1Cl. The second-order valence-electron chi connectivity index (χ2n) is 3.32. The molecule has 1 atom stereocenters. The standard InChI is InChI=1S/C9H12ClN3O/c10-7-3-6(4-13-9(7)14)8-5-11-1-2-12-8/h3-4,8,11-12H,1-2,5H2,(H,13,14)/t8-/m0/s1. The second-order valence-corrected chi connectivity index (χ2v) is 3.73. The minimum atomic E-state index is -0.237. The number of hydrogen-bond donors (Lipinski definition) is 3. The van der Waals surface area contributed by atoms with Gasteiger partial charge in [0.25, 0.3) is 5.56 Å². The van der Waals surface area contributed by atoms with Crippen LogP contribution in [0.1, 0.15) is 11.6 Å². The number of piperazine rings is 1. The Hall–Kier alpha value is -0.840. The van der Waals surface area contributed by atoms with Gasteiger partial charge >= 0.3 is 0 Å². The molecule has 0 radical (unpaired) electrons. The summed E-state index contributed by atoms with van der Waals surface area (Å²) in [5.41, 5.74) is 0.779. The van der Waals surface area contributed by atoms with Gasteiger partial charge in [-0.2, -0.15) is 0 Å². The highest BCUT2D eigenvalue weighted by Crippen LogP contribution is 2.14. The van der Waals surface area contributed by atoms with Gasteiger partial charge in [0.05, 0.1) is 0 Å². The molecule has 2 rings (SSSR count). The Morgan fingerprint density at radius 2 is 2.29 bits per heavy atom. The van der Waals surface area contributed by atoms with Gasteiger partial charge in [-0.1, -0.05) is 11.6 Å². The minimum Gasteiger partial charge on any atom is -0.327 e. The van der Waals surface area contributed by atoms with E-state index in [2.05, 4.69) is 15.6 Å². The number of pyridine rings is 1. The lowest BCUT2D eigenvalue weighted by Crippen LogP contribution is -2.42. The van der Waals surface area contributed by atoms with Gasteiger partial charge in [0, 0.05) is 31.9 Å². The number of aromatic amines is 1. The van der Waals surface area contributed by atoms with Crippen molar-refractivity contribution in [3.05, 3.63) is 33.2 Å². The molecule has 0 saturated carbocycles. The van der Waals surface area contributed by atoms with Crippen molar-refractivity contribution in [2.24, 2.45) is 0 Å². The van der Waals surface area contributed by atoms with Gasteiger partial charge in [-0.25, -0.2) is 0 Å². The number of rotatable bonds is 1. The molecular formula is C9H12ClN3O. The van der Waals surface area contributed by atoms with E-state index in [9.17, 15) is 4.79 Å². The molecule has 0 amide bonds. The zero-order chi connectivity index (χ0) is 9.97. The largest absolute Gasteiger partial charge is 0.327 e. The summed E-state index contributed by atoms with van der Waals surface area (Å²) in [6.45, 7) is 2.78. The minimum absolute atomic E-state index is 0.234. The topological polar surface area (TPSA) is 56.9 Å². The average Bonchev–Trinajstić information content (AvgIpc) is 2.23. The van der Waals surface area contributed by atoms with Gasteiger partial charge in [-0.3, -0.25) is 4.79 Å². The van der Waals surface area contributed by atoms with Crippen molar-refractivity contribution in [1.29, 1.82) is 0 Å². The average molecular weight is 214 g/mol. The van der Waals surface area contributed by atoms with Gasteiger partial charge in [0.1, 0.15) is 5.02 Å². The predicted molar refractivity (Wildman–Crippen MR) is 55.7 cm³/mol. The number of aromatic nitrogens is 1. The number of H-pyrrole nitrogens is 1. The van der Waals surface area contributed by atoms with E-state index in [1.807, 2.05) is 0 Å². The maximum atomic E-state index is 11.0. The number of halogens is 1. The maximum absolute atomic E-state index is 11.0. The fraction of sp³-hybridized carbons (Fsp3) is 0.444. The molecule has 1 aliphatic heterocycles. The smallest absolute Gasteiger partial charge is 0.266 e. The molecule has 76 valence electrons. The van der Waals surface area contributed by atoms with Gasteiger partial charge in [-0.05, 0) is 11.6 Å². The van der Waals surface area contributed by atoms with Crippen LogP contribution in [0, 0.1) is 0 Å². The Morgan fingerprint density at radius 3 is 2.93 bits per heavy atom. The van der Waals surface area contributed by atoms with Crippen LogP contribution < -0.4 is 16.2 Å². The van der Waals surface area contributed by atoms with Crippen molar-refractivity contribution in [1.82, 2.24) is 15.6 Å². The van der Waals surface area contributed by atoms with Crippen molar-refractivity contribution in [3.8, 4) is 0 Å². The summed E-state index contributed by atoms with van der Waals surface area (Å²) in [7, 11) is 0. The lowest BCUT2D eigenvalue weighted by Gasteiger charge is -2.24. The summed E-state index contributed by atoms with van der Waals surface area (Å²) in [6.07, 6.45) is 1.71. The molecule has 0 aromatic carbocycles. The van der Waals surface area contributed by atoms with E-state index in [-0.39, 0.29) is 16.6 Å². The molecule has 5 heteroatoms. The Labute approximate surface area is 86.7 Å². The first-order valence-electron chi connectivity index (χ1n) is 4.59. The molecule has 4 nitrogen and oxygen atoms in total. The lowest BCUT2D eigenvalue weighted by atomic mass is 10.1. The molecule has 3 N–H and O–H groups in total. The van der Waals surface area contributed by atoms with Crippen molar-refractivity contribution >= 4 is 11.6 Å². The first kappa shape index (κ1) is 9.71. The van der Waals surface area contributed by atoms with Crippen LogP contribution in [-0.4, -0.2) is 24.6 Å². The number of nitrogens with one attached hydrogen (secondary N) is 3. The van der Waals surface area contributed by atoms with Crippen molar-refractivity contribution in [2.75, 3.05) is 19.6 Å². The fourth-order valence-electron chi connectivity index (χ4n) is 1.56. The van der Waals surface area contributed by atoms with E-state index in [0.717, 1.165) is 25.2 Å². The van der Waals surface area contributed by atoms with Crippen LogP contribution in [0.2, 0.25) is 5.02 Å². The molecule has 0 bridgehead atoms. The summed E-state index contributed by atoms with van der Waals surface area (Å²) >= 11 is 5.74. The van der Waals surface area contributed by atoms with Crippen LogP contribution in [0.25, 0.3) is 0 Å². The maximum Gasteiger partial charge on any atom is 0.266 e. The molecule has 0 unspecified atom stereocenters. The quantitative estimate of drug-likeness (QED) is 0.628. The summed E-state index contributed by atoms with van der Waals surface area (Å²) < 4.78 is 0. The Kier molecular flexibility index (Phi) is 2.86. The molecule has 2 heterocycles. The van der Waals surface area contributed by atoms with E-state index in [4.69, 9.17) is 11.6 Å². The van der Waals surface area contributed by atoms with Crippen LogP contribution in [0.5, 0.6) is 0 Å². The highest BCUT2D eigenvalue weighted by atomic mass is 35.5. The van der Waals surface area contributed by atoms with Crippen LogP contribution in [0.15, 0.2) is 17.1 Å². The Morgan fingerprint density at radius 1 is 1.43 bits per heavy atom. The highest BCUT2D eigenvalue weighted by Gasteiger charge is 2.14. The first-order valence-corrected chi connectivity index (χ1v) is 4.97. The van der Waals surface area contributed by atoms with E-state index < -0.39 is 0 Å². The van der Waals surface area contributed by atoms with Crippen molar-refractivity contribution in [2.45, 2.75) is 6.04 Å². The summed E-state index contributed by atoms with van der Waals surface area (Å²) in [4.78, 5) is 13.6. The molecule has 1 fully saturated rings. The van der Waals surface area contributed by atoms with E-state index in [1.165, 1.54) is 0 Å². The molecule has 14 heavy (non-hydrogen) atoms. The van der Waals surface area contributed by atoms with Crippen LogP contribution >= 0.6 is 11.6 Å². The zero-order valence-electron chi connectivity index (χ0n) is 7.64. The monoisotopic (exact) mass is 213 g/mol. The summed E-state index contributed by atoms with van der Waals surface area (Å²) in [5, 5.41) is 6.85. The third-order valence-electron chi connectivity index (χ3n) is 2.32. The normalized spacial score (nSPS) is 22.2. The molecule has 1 aromatic heterocycles.